The summed E-state index contributed by atoms with van der Waals surface area (Å²) in [5.74, 6) is 0. The fraction of sp³-hybridized carbons (Fsp3) is 0.357. The van der Waals surface area contributed by atoms with E-state index in [1.807, 2.05) is 0 Å². The number of rotatable bonds is 0. The van der Waals surface area contributed by atoms with Crippen molar-refractivity contribution in [2.75, 3.05) is 7.11 Å². The van der Waals surface area contributed by atoms with Crippen LogP contribution in [-0.4, -0.2) is 7.11 Å². The van der Waals surface area contributed by atoms with Crippen LogP contribution in [0.15, 0.2) is 35.5 Å². The molecule has 0 saturated heterocycles. The summed E-state index contributed by atoms with van der Waals surface area (Å²) in [6.45, 7) is 4.12. The maximum atomic E-state index is 4.00. The van der Waals surface area contributed by atoms with Crippen LogP contribution in [0.3, 0.4) is 0 Å². The van der Waals surface area contributed by atoms with Crippen LogP contribution in [0, 0.1) is 19.3 Å². The molecule has 0 unspecified atom stereocenters. The van der Waals surface area contributed by atoms with E-state index >= 15 is 0 Å². The fourth-order valence-electron chi connectivity index (χ4n) is 1.03. The molecule has 0 radical (unpaired) electrons. The Morgan fingerprint density at radius 1 is 1.06 bits per heavy atom. The summed E-state index contributed by atoms with van der Waals surface area (Å²) in [5.41, 5.74) is 2.55. The van der Waals surface area contributed by atoms with Gasteiger partial charge in [-0.25, -0.2) is 30.4 Å². The molecule has 0 N–H and O–H groups in total. The second-order valence-electron chi connectivity index (χ2n) is 3.22. The van der Waals surface area contributed by atoms with Crippen LogP contribution in [0.5, 0.6) is 0 Å². The predicted molar refractivity (Wildman–Crippen MR) is 64.7 cm³/mol. The van der Waals surface area contributed by atoms with E-state index in [-0.39, 0.29) is 25.8 Å². The van der Waals surface area contributed by atoms with Gasteiger partial charge in [0.15, 0.2) is 0 Å². The third kappa shape index (κ3) is 11.9. The van der Waals surface area contributed by atoms with Gasteiger partial charge < -0.3 is 4.74 Å². The summed E-state index contributed by atoms with van der Waals surface area (Å²) in [6.07, 6.45) is 16.7. The molecule has 0 saturated carbocycles. The normalized spacial score (nSPS) is 15.0. The maximum absolute atomic E-state index is 4.00. The van der Waals surface area contributed by atoms with Gasteiger partial charge in [-0.1, -0.05) is 13.8 Å². The standard InChI is InChI=1S/2C6H7.C2H5O.Hf/c2*1-6-4-2-3-5-6;1-3-2;/h2*2,4H,3H2,1H3;1H2,2H3;/q3*-1;. The first kappa shape index (κ1) is 18.2. The summed E-state index contributed by atoms with van der Waals surface area (Å²) in [5, 5.41) is 0. The number of hydrogen-bond donors (Lipinski definition) is 0. The molecule has 0 bridgehead atoms. The van der Waals surface area contributed by atoms with Gasteiger partial charge in [-0.05, 0) is 7.11 Å². The van der Waals surface area contributed by atoms with Gasteiger partial charge in [0, 0.05) is 25.8 Å². The Morgan fingerprint density at radius 3 is 1.44 bits per heavy atom. The van der Waals surface area contributed by atoms with Crippen LogP contribution in [0.1, 0.15) is 26.7 Å². The van der Waals surface area contributed by atoms with Crippen molar-refractivity contribution in [3.63, 3.8) is 0 Å². The minimum atomic E-state index is 0. The molecule has 2 rings (SSSR count). The second-order valence-corrected chi connectivity index (χ2v) is 3.22. The van der Waals surface area contributed by atoms with Crippen LogP contribution in [-0.2, 0) is 30.6 Å². The molecule has 16 heavy (non-hydrogen) atoms. The van der Waals surface area contributed by atoms with Gasteiger partial charge in [-0.3, -0.25) is 12.2 Å². The van der Waals surface area contributed by atoms with Crippen LogP contribution in [0.2, 0.25) is 0 Å². The molecular formula is C14H19HfO-3. The summed E-state index contributed by atoms with van der Waals surface area (Å²) in [4.78, 5) is 0. The van der Waals surface area contributed by atoms with E-state index in [1.54, 1.807) is 0 Å². The predicted octanol–water partition coefficient (Wildman–Crippen LogP) is 3.81. The monoisotopic (exact) mass is 383 g/mol. The number of ether oxygens (including phenoxy) is 1. The fourth-order valence-corrected chi connectivity index (χ4v) is 1.03. The Kier molecular flexibility index (Phi) is 14.6. The number of allylic oxidation sites excluding steroid dienone is 8. The molecule has 0 amide bonds. The first-order chi connectivity index (χ1) is 7.20. The van der Waals surface area contributed by atoms with E-state index in [2.05, 4.69) is 62.2 Å². The van der Waals surface area contributed by atoms with Crippen molar-refractivity contribution in [2.45, 2.75) is 26.7 Å². The van der Waals surface area contributed by atoms with E-state index < -0.39 is 0 Å². The molecule has 2 heteroatoms. The van der Waals surface area contributed by atoms with Crippen molar-refractivity contribution in [3.05, 3.63) is 54.7 Å². The van der Waals surface area contributed by atoms with Crippen LogP contribution in [0.25, 0.3) is 0 Å². The van der Waals surface area contributed by atoms with Gasteiger partial charge in [0.25, 0.3) is 0 Å². The largest absolute Gasteiger partial charge is 0.557 e. The van der Waals surface area contributed by atoms with Crippen LogP contribution < -0.4 is 0 Å². The molecular weight excluding hydrogens is 363 g/mol. The topological polar surface area (TPSA) is 9.23 Å². The van der Waals surface area contributed by atoms with E-state index in [0.717, 1.165) is 12.8 Å². The molecule has 0 atom stereocenters. The summed E-state index contributed by atoms with van der Waals surface area (Å²) in [6, 6.07) is 0. The van der Waals surface area contributed by atoms with Gasteiger partial charge in [-0.2, -0.15) is 12.2 Å². The Bertz CT molecular complexity index is 239. The molecule has 2 aliphatic rings. The van der Waals surface area contributed by atoms with Gasteiger partial charge in [0.05, 0.1) is 0 Å². The minimum absolute atomic E-state index is 0. The first-order valence-electron chi connectivity index (χ1n) is 4.96. The Hall–Kier alpha value is -0.210. The number of methoxy groups -OCH3 is 1. The third-order valence-electron chi connectivity index (χ3n) is 1.73. The van der Waals surface area contributed by atoms with Crippen molar-refractivity contribution in [2.24, 2.45) is 0 Å². The van der Waals surface area contributed by atoms with Gasteiger partial charge >= 0.3 is 0 Å². The zero-order valence-electron chi connectivity index (χ0n) is 10.3. The Labute approximate surface area is 119 Å². The van der Waals surface area contributed by atoms with Crippen molar-refractivity contribution in [3.8, 4) is 0 Å². The van der Waals surface area contributed by atoms with Gasteiger partial charge in [0.2, 0.25) is 0 Å². The van der Waals surface area contributed by atoms with Crippen molar-refractivity contribution >= 4 is 0 Å². The average Bonchev–Trinajstić information content (AvgIpc) is 2.81. The average molecular weight is 382 g/mol. The van der Waals surface area contributed by atoms with E-state index in [1.165, 1.54) is 18.3 Å². The maximum Gasteiger partial charge on any atom is 0 e. The third-order valence-corrected chi connectivity index (χ3v) is 1.73. The molecule has 0 heterocycles. The van der Waals surface area contributed by atoms with Gasteiger partial charge in [-0.15, -0.1) is 12.8 Å². The summed E-state index contributed by atoms with van der Waals surface area (Å²) >= 11 is 0. The number of hydrogen-bond acceptors (Lipinski definition) is 1. The van der Waals surface area contributed by atoms with Crippen molar-refractivity contribution < 1.29 is 30.6 Å². The SMILES string of the molecule is CC1=[C-]CC=C1.CC1=[C-]CC=C1.[CH2-]OC.[Hf]. The van der Waals surface area contributed by atoms with E-state index in [9.17, 15) is 0 Å². The molecule has 0 aliphatic heterocycles. The van der Waals surface area contributed by atoms with Crippen molar-refractivity contribution in [1.82, 2.24) is 0 Å². The molecule has 0 aromatic heterocycles. The zero-order valence-corrected chi connectivity index (χ0v) is 13.9. The molecule has 2 aliphatic carbocycles. The Morgan fingerprint density at radius 2 is 1.38 bits per heavy atom. The first-order valence-corrected chi connectivity index (χ1v) is 4.96. The molecule has 0 fully saturated rings. The minimum Gasteiger partial charge on any atom is -0.557 e. The summed E-state index contributed by atoms with van der Waals surface area (Å²) in [7, 11) is 4.50. The molecule has 0 aromatic rings. The molecule has 88 valence electrons. The molecule has 1 nitrogen and oxygen atoms in total. The molecule has 0 aromatic carbocycles. The van der Waals surface area contributed by atoms with Crippen molar-refractivity contribution in [1.29, 1.82) is 0 Å². The Balaban J connectivity index is 0. The summed E-state index contributed by atoms with van der Waals surface area (Å²) < 4.78 is 4.00. The van der Waals surface area contributed by atoms with E-state index in [0.29, 0.717) is 0 Å². The zero-order chi connectivity index (χ0) is 11.5. The second kappa shape index (κ2) is 12.9. The van der Waals surface area contributed by atoms with Gasteiger partial charge in [0.1, 0.15) is 0 Å². The molecule has 0 spiro atoms. The quantitative estimate of drug-likeness (QED) is 0.458. The smallest absolute Gasteiger partial charge is 0 e. The van der Waals surface area contributed by atoms with Crippen LogP contribution >= 0.6 is 0 Å². The van der Waals surface area contributed by atoms with E-state index in [4.69, 9.17) is 0 Å². The van der Waals surface area contributed by atoms with Crippen LogP contribution in [0.4, 0.5) is 0 Å².